The number of benzene rings is 1. The highest BCUT2D eigenvalue weighted by Crippen LogP contribution is 2.38. The molecule has 110 valence electrons. The van der Waals surface area contributed by atoms with Crippen molar-refractivity contribution in [3.8, 4) is 0 Å². The Hall–Kier alpha value is -1.20. The molecule has 0 N–H and O–H groups in total. The molecule has 0 saturated heterocycles. The SMILES string of the molecule is CN(C)N1CCC(c2ccccc2Cl)C=C1C(F)(F)F. The molecule has 0 bridgehead atoms. The average Bonchev–Trinajstić information content (AvgIpc) is 2.37. The van der Waals surface area contributed by atoms with Crippen molar-refractivity contribution in [1.29, 1.82) is 0 Å². The van der Waals surface area contributed by atoms with Gasteiger partial charge in [0, 0.05) is 31.6 Å². The number of allylic oxidation sites excluding steroid dienone is 2. The summed E-state index contributed by atoms with van der Waals surface area (Å²) in [6.07, 6.45) is -2.50. The first-order valence-electron chi connectivity index (χ1n) is 6.29. The Morgan fingerprint density at radius 3 is 2.45 bits per heavy atom. The second-order valence-corrected chi connectivity index (χ2v) is 5.34. The molecule has 1 unspecified atom stereocenters. The molecule has 2 nitrogen and oxygen atoms in total. The number of hydrazine groups is 1. The minimum atomic E-state index is -4.37. The molecule has 0 radical (unpaired) electrons. The number of hydrogen-bond donors (Lipinski definition) is 0. The summed E-state index contributed by atoms with van der Waals surface area (Å²) in [6.45, 7) is 0.314. The minimum Gasteiger partial charge on any atom is -0.302 e. The normalized spacial score (nSPS) is 20.2. The van der Waals surface area contributed by atoms with Crippen molar-refractivity contribution in [2.24, 2.45) is 0 Å². The maximum absolute atomic E-state index is 13.2. The van der Waals surface area contributed by atoms with Crippen molar-refractivity contribution in [2.75, 3.05) is 20.6 Å². The largest absolute Gasteiger partial charge is 0.432 e. The van der Waals surface area contributed by atoms with E-state index in [1.165, 1.54) is 16.1 Å². The summed E-state index contributed by atoms with van der Waals surface area (Å²) in [4.78, 5) is 0. The molecule has 0 fully saturated rings. The lowest BCUT2D eigenvalue weighted by Crippen LogP contribution is -2.44. The van der Waals surface area contributed by atoms with Gasteiger partial charge in [-0.15, -0.1) is 0 Å². The number of alkyl halides is 3. The first-order valence-corrected chi connectivity index (χ1v) is 6.66. The predicted molar refractivity (Wildman–Crippen MR) is 73.3 cm³/mol. The maximum Gasteiger partial charge on any atom is 0.432 e. The summed E-state index contributed by atoms with van der Waals surface area (Å²) in [6, 6.07) is 7.05. The van der Waals surface area contributed by atoms with Crippen molar-refractivity contribution < 1.29 is 13.2 Å². The lowest BCUT2D eigenvalue weighted by molar-refractivity contribution is -0.136. The van der Waals surface area contributed by atoms with Gasteiger partial charge in [0.25, 0.3) is 0 Å². The second kappa shape index (κ2) is 5.66. The van der Waals surface area contributed by atoms with Gasteiger partial charge in [-0.3, -0.25) is 0 Å². The highest BCUT2D eigenvalue weighted by molar-refractivity contribution is 6.31. The van der Waals surface area contributed by atoms with Crippen molar-refractivity contribution in [3.63, 3.8) is 0 Å². The third kappa shape index (κ3) is 3.10. The van der Waals surface area contributed by atoms with Gasteiger partial charge >= 0.3 is 6.18 Å². The van der Waals surface area contributed by atoms with E-state index >= 15 is 0 Å². The molecule has 1 aliphatic heterocycles. The Balaban J connectivity index is 2.40. The van der Waals surface area contributed by atoms with Crippen LogP contribution in [-0.4, -0.2) is 36.8 Å². The minimum absolute atomic E-state index is 0.309. The summed E-state index contributed by atoms with van der Waals surface area (Å²) in [7, 11) is 3.21. The van der Waals surface area contributed by atoms with Gasteiger partial charge in [0.2, 0.25) is 0 Å². The monoisotopic (exact) mass is 304 g/mol. The molecular weight excluding hydrogens is 289 g/mol. The smallest absolute Gasteiger partial charge is 0.302 e. The Bertz CT molecular complexity index is 511. The number of nitrogens with zero attached hydrogens (tertiary/aromatic N) is 2. The first kappa shape index (κ1) is 15.2. The van der Waals surface area contributed by atoms with Gasteiger partial charge < -0.3 is 5.01 Å². The average molecular weight is 305 g/mol. The van der Waals surface area contributed by atoms with Crippen LogP contribution in [0, 0.1) is 0 Å². The lowest BCUT2D eigenvalue weighted by Gasteiger charge is -2.38. The highest BCUT2D eigenvalue weighted by Gasteiger charge is 2.41. The van der Waals surface area contributed by atoms with Crippen LogP contribution in [0.15, 0.2) is 36.0 Å². The fraction of sp³-hybridized carbons (Fsp3) is 0.429. The van der Waals surface area contributed by atoms with Gasteiger partial charge in [-0.1, -0.05) is 29.8 Å². The standard InChI is InChI=1S/C14H16ClF3N2/c1-19(2)20-8-7-10(9-13(20)14(16,17)18)11-5-3-4-6-12(11)15/h3-6,9-10H,7-8H2,1-2H3. The highest BCUT2D eigenvalue weighted by atomic mass is 35.5. The van der Waals surface area contributed by atoms with Gasteiger partial charge in [0.15, 0.2) is 0 Å². The van der Waals surface area contributed by atoms with E-state index in [9.17, 15) is 13.2 Å². The van der Waals surface area contributed by atoms with Gasteiger partial charge in [0.1, 0.15) is 5.70 Å². The van der Waals surface area contributed by atoms with Crippen LogP contribution in [0.1, 0.15) is 17.9 Å². The van der Waals surface area contributed by atoms with E-state index < -0.39 is 11.9 Å². The summed E-state index contributed by atoms with van der Waals surface area (Å²) in [5.41, 5.74) is 0.119. The molecule has 1 atom stereocenters. The van der Waals surface area contributed by atoms with Crippen LogP contribution >= 0.6 is 11.6 Å². The molecule has 1 heterocycles. The van der Waals surface area contributed by atoms with E-state index in [1.807, 2.05) is 0 Å². The molecule has 0 aromatic heterocycles. The van der Waals surface area contributed by atoms with Crippen LogP contribution in [-0.2, 0) is 0 Å². The van der Waals surface area contributed by atoms with Crippen molar-refractivity contribution in [3.05, 3.63) is 46.6 Å². The van der Waals surface area contributed by atoms with Crippen LogP contribution in [0.3, 0.4) is 0 Å². The Morgan fingerprint density at radius 2 is 1.90 bits per heavy atom. The molecular formula is C14H16ClF3N2. The van der Waals surface area contributed by atoms with E-state index in [2.05, 4.69) is 0 Å². The van der Waals surface area contributed by atoms with Crippen LogP contribution in [0.4, 0.5) is 13.2 Å². The lowest BCUT2D eigenvalue weighted by atomic mass is 9.92. The van der Waals surface area contributed by atoms with E-state index in [4.69, 9.17) is 11.6 Å². The summed E-state index contributed by atoms with van der Waals surface area (Å²) >= 11 is 6.08. The van der Waals surface area contributed by atoms with Gasteiger partial charge in [-0.2, -0.15) is 13.2 Å². The summed E-state index contributed by atoms with van der Waals surface area (Å²) in [5, 5.41) is 3.21. The number of halogens is 4. The zero-order chi connectivity index (χ0) is 14.9. The van der Waals surface area contributed by atoms with Gasteiger partial charge in [-0.05, 0) is 24.1 Å². The van der Waals surface area contributed by atoms with Crippen LogP contribution in [0.5, 0.6) is 0 Å². The van der Waals surface area contributed by atoms with Crippen molar-refractivity contribution in [2.45, 2.75) is 18.5 Å². The van der Waals surface area contributed by atoms with Crippen molar-refractivity contribution in [1.82, 2.24) is 10.0 Å². The zero-order valence-electron chi connectivity index (χ0n) is 11.3. The fourth-order valence-corrected chi connectivity index (χ4v) is 2.70. The predicted octanol–water partition coefficient (Wildman–Crippen LogP) is 4.05. The molecule has 6 heteroatoms. The fourth-order valence-electron chi connectivity index (χ4n) is 2.42. The van der Waals surface area contributed by atoms with E-state index in [1.54, 1.807) is 38.4 Å². The molecule has 1 aromatic carbocycles. The molecule has 1 aromatic rings. The van der Waals surface area contributed by atoms with Gasteiger partial charge in [0.05, 0.1) is 0 Å². The first-order chi connectivity index (χ1) is 9.30. The third-order valence-electron chi connectivity index (χ3n) is 3.37. The van der Waals surface area contributed by atoms with E-state index in [0.717, 1.165) is 5.56 Å². The number of rotatable bonds is 2. The number of hydrogen-bond acceptors (Lipinski definition) is 2. The van der Waals surface area contributed by atoms with Gasteiger partial charge in [-0.25, -0.2) is 5.01 Å². The topological polar surface area (TPSA) is 6.48 Å². The molecule has 0 amide bonds. The van der Waals surface area contributed by atoms with Crippen LogP contribution in [0.25, 0.3) is 0 Å². The second-order valence-electron chi connectivity index (χ2n) is 4.94. The molecule has 20 heavy (non-hydrogen) atoms. The van der Waals surface area contributed by atoms with E-state index in [0.29, 0.717) is 18.0 Å². The summed E-state index contributed by atoms with van der Waals surface area (Å²) < 4.78 is 39.5. The van der Waals surface area contributed by atoms with Crippen LogP contribution in [0.2, 0.25) is 5.02 Å². The molecule has 0 spiro atoms. The molecule has 2 rings (SSSR count). The quantitative estimate of drug-likeness (QED) is 0.813. The molecule has 0 saturated carbocycles. The Kier molecular flexibility index (Phi) is 4.30. The van der Waals surface area contributed by atoms with Crippen LogP contribution < -0.4 is 0 Å². The Labute approximate surface area is 121 Å². The third-order valence-corrected chi connectivity index (χ3v) is 3.71. The van der Waals surface area contributed by atoms with E-state index in [-0.39, 0.29) is 5.92 Å². The van der Waals surface area contributed by atoms with Crippen molar-refractivity contribution >= 4 is 11.6 Å². The Morgan fingerprint density at radius 1 is 1.25 bits per heavy atom. The zero-order valence-corrected chi connectivity index (χ0v) is 12.0. The maximum atomic E-state index is 13.2. The molecule has 1 aliphatic rings. The summed E-state index contributed by atoms with van der Waals surface area (Å²) in [5.74, 6) is -0.309. The molecule has 0 aliphatic carbocycles.